The predicted molar refractivity (Wildman–Crippen MR) is 82.7 cm³/mol. The zero-order valence-corrected chi connectivity index (χ0v) is 11.2. The van der Waals surface area contributed by atoms with Gasteiger partial charge in [0.25, 0.3) is 0 Å². The van der Waals surface area contributed by atoms with Crippen LogP contribution in [0.25, 0.3) is 10.9 Å². The van der Waals surface area contributed by atoms with Crippen LogP contribution >= 0.6 is 0 Å². The zero-order valence-electron chi connectivity index (χ0n) is 11.2. The molecule has 98 valence electrons. The monoisotopic (exact) mass is 260 g/mol. The van der Waals surface area contributed by atoms with E-state index in [1.165, 1.54) is 23.8 Å². The maximum absolute atomic E-state index is 4.71. The van der Waals surface area contributed by atoms with Crippen molar-refractivity contribution >= 4 is 16.7 Å². The van der Waals surface area contributed by atoms with E-state index in [1.807, 2.05) is 12.1 Å². The molecule has 1 heterocycles. The Morgan fingerprint density at radius 3 is 2.35 bits per heavy atom. The second kappa shape index (κ2) is 4.34. The summed E-state index contributed by atoms with van der Waals surface area (Å²) in [6, 6.07) is 23.1. The summed E-state index contributed by atoms with van der Waals surface area (Å²) in [6.07, 6.45) is 2.34. The van der Waals surface area contributed by atoms with E-state index in [9.17, 15) is 0 Å². The van der Waals surface area contributed by atoms with E-state index < -0.39 is 0 Å². The van der Waals surface area contributed by atoms with Crippen molar-refractivity contribution in [3.63, 3.8) is 0 Å². The Kier molecular flexibility index (Phi) is 2.49. The molecule has 3 aromatic rings. The molecule has 0 atom stereocenters. The highest BCUT2D eigenvalue weighted by atomic mass is 15.1. The lowest BCUT2D eigenvalue weighted by Crippen LogP contribution is -2.19. The van der Waals surface area contributed by atoms with Gasteiger partial charge in [-0.25, -0.2) is 4.98 Å². The summed E-state index contributed by atoms with van der Waals surface area (Å²) in [5.41, 5.74) is 2.49. The second-order valence-electron chi connectivity index (χ2n) is 5.46. The number of hydrogen-bond acceptors (Lipinski definition) is 2. The number of benzene rings is 2. The summed E-state index contributed by atoms with van der Waals surface area (Å²) in [7, 11) is 0. The molecule has 1 aliphatic carbocycles. The molecule has 1 fully saturated rings. The Labute approximate surface area is 118 Å². The number of anilines is 1. The van der Waals surface area contributed by atoms with Crippen molar-refractivity contribution in [3.8, 4) is 0 Å². The van der Waals surface area contributed by atoms with Crippen LogP contribution in [0.3, 0.4) is 0 Å². The van der Waals surface area contributed by atoms with E-state index >= 15 is 0 Å². The number of fused-ring (bicyclic) bond motifs is 1. The number of nitrogens with one attached hydrogen (secondary N) is 1. The number of nitrogens with zero attached hydrogens (tertiary/aromatic N) is 1. The molecule has 0 bridgehead atoms. The maximum Gasteiger partial charge on any atom is 0.127 e. The molecule has 0 radical (unpaired) electrons. The maximum atomic E-state index is 4.71. The molecule has 2 aromatic carbocycles. The Bertz CT molecular complexity index is 745. The molecule has 0 saturated heterocycles. The number of hydrogen-bond donors (Lipinski definition) is 1. The molecule has 2 heteroatoms. The fraction of sp³-hybridized carbons (Fsp3) is 0.167. The lowest BCUT2D eigenvalue weighted by atomic mass is 10.1. The van der Waals surface area contributed by atoms with Crippen molar-refractivity contribution < 1.29 is 0 Å². The van der Waals surface area contributed by atoms with Gasteiger partial charge >= 0.3 is 0 Å². The van der Waals surface area contributed by atoms with E-state index in [0.29, 0.717) is 0 Å². The van der Waals surface area contributed by atoms with E-state index in [1.54, 1.807) is 0 Å². The first-order valence-electron chi connectivity index (χ1n) is 7.05. The Balaban J connectivity index is 1.68. The third kappa shape index (κ3) is 1.94. The molecular weight excluding hydrogens is 244 g/mol. The van der Waals surface area contributed by atoms with Gasteiger partial charge in [-0.1, -0.05) is 48.5 Å². The SMILES string of the molecule is c1ccc(C2(Nc3ccc4ccccc4n3)CC2)cc1. The lowest BCUT2D eigenvalue weighted by molar-refractivity contribution is 0.802. The smallest absolute Gasteiger partial charge is 0.127 e. The van der Waals surface area contributed by atoms with Crippen LogP contribution < -0.4 is 5.32 Å². The molecule has 0 unspecified atom stereocenters. The molecule has 1 saturated carbocycles. The number of pyridine rings is 1. The van der Waals surface area contributed by atoms with Crippen LogP contribution in [0, 0.1) is 0 Å². The fourth-order valence-corrected chi connectivity index (χ4v) is 2.75. The molecule has 0 aliphatic heterocycles. The van der Waals surface area contributed by atoms with Crippen LogP contribution in [-0.4, -0.2) is 4.98 Å². The van der Waals surface area contributed by atoms with Gasteiger partial charge in [0.05, 0.1) is 11.1 Å². The summed E-state index contributed by atoms with van der Waals surface area (Å²) in [5.74, 6) is 0.963. The van der Waals surface area contributed by atoms with E-state index in [-0.39, 0.29) is 5.54 Å². The van der Waals surface area contributed by atoms with Crippen molar-refractivity contribution in [2.45, 2.75) is 18.4 Å². The van der Waals surface area contributed by atoms with Crippen molar-refractivity contribution in [1.82, 2.24) is 4.98 Å². The largest absolute Gasteiger partial charge is 0.361 e. The number of aromatic nitrogens is 1. The summed E-state index contributed by atoms with van der Waals surface area (Å²) in [4.78, 5) is 4.71. The third-order valence-corrected chi connectivity index (χ3v) is 4.04. The van der Waals surface area contributed by atoms with Crippen molar-refractivity contribution in [3.05, 3.63) is 72.3 Å². The standard InChI is InChI=1S/C18H16N2/c1-2-7-15(8-3-1)18(12-13-18)20-17-11-10-14-6-4-5-9-16(14)19-17/h1-11H,12-13H2,(H,19,20). The van der Waals surface area contributed by atoms with Crippen LogP contribution in [0.4, 0.5) is 5.82 Å². The zero-order chi connectivity index (χ0) is 13.4. The first kappa shape index (κ1) is 11.5. The van der Waals surface area contributed by atoms with Crippen LogP contribution in [0.2, 0.25) is 0 Å². The van der Waals surface area contributed by atoms with Gasteiger partial charge in [-0.05, 0) is 36.6 Å². The second-order valence-corrected chi connectivity index (χ2v) is 5.46. The topological polar surface area (TPSA) is 24.9 Å². The van der Waals surface area contributed by atoms with Gasteiger partial charge in [-0.3, -0.25) is 0 Å². The van der Waals surface area contributed by atoms with Gasteiger partial charge in [0, 0.05) is 5.39 Å². The Morgan fingerprint density at radius 1 is 0.800 bits per heavy atom. The number of para-hydroxylation sites is 1. The highest BCUT2D eigenvalue weighted by Gasteiger charge is 2.44. The van der Waals surface area contributed by atoms with Gasteiger partial charge in [-0.15, -0.1) is 0 Å². The quantitative estimate of drug-likeness (QED) is 0.758. The highest BCUT2D eigenvalue weighted by Crippen LogP contribution is 2.47. The van der Waals surface area contributed by atoms with Gasteiger partial charge in [-0.2, -0.15) is 0 Å². The van der Waals surface area contributed by atoms with Crippen LogP contribution in [0.1, 0.15) is 18.4 Å². The fourth-order valence-electron chi connectivity index (χ4n) is 2.75. The molecule has 1 aromatic heterocycles. The molecule has 1 aliphatic rings. The minimum Gasteiger partial charge on any atom is -0.361 e. The summed E-state index contributed by atoms with van der Waals surface area (Å²) in [6.45, 7) is 0. The van der Waals surface area contributed by atoms with E-state index in [2.05, 4.69) is 59.9 Å². The molecule has 4 rings (SSSR count). The minimum absolute atomic E-state index is 0.0940. The molecule has 1 N–H and O–H groups in total. The Hall–Kier alpha value is -2.35. The molecule has 20 heavy (non-hydrogen) atoms. The Morgan fingerprint density at radius 2 is 1.55 bits per heavy atom. The molecule has 2 nitrogen and oxygen atoms in total. The summed E-state index contributed by atoms with van der Waals surface area (Å²) < 4.78 is 0. The van der Waals surface area contributed by atoms with Crippen LogP contribution in [-0.2, 0) is 5.54 Å². The molecule has 0 spiro atoms. The molecular formula is C18H16N2. The highest BCUT2D eigenvalue weighted by molar-refractivity contribution is 5.80. The van der Waals surface area contributed by atoms with Crippen LogP contribution in [0.15, 0.2) is 66.7 Å². The average Bonchev–Trinajstić information content (AvgIpc) is 3.29. The molecule has 0 amide bonds. The normalized spacial score (nSPS) is 16.0. The first-order valence-corrected chi connectivity index (χ1v) is 7.05. The lowest BCUT2D eigenvalue weighted by Gasteiger charge is -2.18. The van der Waals surface area contributed by atoms with Gasteiger partial charge in [0.15, 0.2) is 0 Å². The summed E-state index contributed by atoms with van der Waals surface area (Å²) in [5, 5.41) is 4.81. The van der Waals surface area contributed by atoms with Crippen molar-refractivity contribution in [1.29, 1.82) is 0 Å². The van der Waals surface area contributed by atoms with Gasteiger partial charge in [0.1, 0.15) is 5.82 Å². The minimum atomic E-state index is 0.0940. The first-order chi connectivity index (χ1) is 9.86. The van der Waals surface area contributed by atoms with Crippen molar-refractivity contribution in [2.24, 2.45) is 0 Å². The van der Waals surface area contributed by atoms with Gasteiger partial charge < -0.3 is 5.32 Å². The van der Waals surface area contributed by atoms with E-state index in [0.717, 1.165) is 11.3 Å². The van der Waals surface area contributed by atoms with Gasteiger partial charge in [0.2, 0.25) is 0 Å². The average molecular weight is 260 g/mol. The van der Waals surface area contributed by atoms with Crippen molar-refractivity contribution in [2.75, 3.05) is 5.32 Å². The summed E-state index contributed by atoms with van der Waals surface area (Å²) >= 11 is 0. The predicted octanol–water partition coefficient (Wildman–Crippen LogP) is 4.34. The van der Waals surface area contributed by atoms with E-state index in [4.69, 9.17) is 4.98 Å². The number of rotatable bonds is 3. The third-order valence-electron chi connectivity index (χ3n) is 4.04. The van der Waals surface area contributed by atoms with Crippen LogP contribution in [0.5, 0.6) is 0 Å².